The normalized spacial score (nSPS) is 10.8. The first-order valence-corrected chi connectivity index (χ1v) is 6.03. The molecule has 0 radical (unpaired) electrons. The van der Waals surface area contributed by atoms with Gasteiger partial charge in [-0.3, -0.25) is 10.1 Å². The molecule has 0 aliphatic rings. The van der Waals surface area contributed by atoms with E-state index in [1.807, 2.05) is 35.9 Å². The van der Waals surface area contributed by atoms with Crippen LogP contribution in [0, 0.1) is 10.1 Å². The highest BCUT2D eigenvalue weighted by molar-refractivity contribution is 5.84. The average molecular weight is 268 g/mol. The second-order valence-electron chi connectivity index (χ2n) is 4.51. The van der Waals surface area contributed by atoms with Gasteiger partial charge in [0, 0.05) is 30.4 Å². The van der Waals surface area contributed by atoms with Crippen LogP contribution in [0.15, 0.2) is 42.5 Å². The average Bonchev–Trinajstić information content (AvgIpc) is 2.77. The first-order valence-electron chi connectivity index (χ1n) is 6.03. The second-order valence-corrected chi connectivity index (χ2v) is 4.51. The number of imidazole rings is 1. The first kappa shape index (κ1) is 12.2. The van der Waals surface area contributed by atoms with Crippen LogP contribution in [0.2, 0.25) is 0 Å². The Morgan fingerprint density at radius 2 is 2.00 bits per heavy atom. The number of nitro benzene ring substituents is 1. The lowest BCUT2D eigenvalue weighted by atomic mass is 10.1. The van der Waals surface area contributed by atoms with Gasteiger partial charge in [0.05, 0.1) is 16.0 Å². The van der Waals surface area contributed by atoms with Crippen LogP contribution in [0.3, 0.4) is 0 Å². The molecule has 2 N–H and O–H groups in total. The maximum absolute atomic E-state index is 10.9. The van der Waals surface area contributed by atoms with Crippen LogP contribution in [0.5, 0.6) is 0 Å². The number of hydrogen-bond acceptors (Lipinski definition) is 4. The van der Waals surface area contributed by atoms with Crippen LogP contribution in [0.4, 0.5) is 11.4 Å². The zero-order valence-electron chi connectivity index (χ0n) is 10.8. The van der Waals surface area contributed by atoms with E-state index in [4.69, 9.17) is 5.73 Å². The molecule has 0 amide bonds. The Bertz CT molecular complexity index is 823. The molecule has 0 spiro atoms. The maximum atomic E-state index is 10.9. The van der Waals surface area contributed by atoms with Crippen LogP contribution in [0.25, 0.3) is 22.4 Å². The summed E-state index contributed by atoms with van der Waals surface area (Å²) >= 11 is 0. The highest BCUT2D eigenvalue weighted by Gasteiger charge is 2.16. The lowest BCUT2D eigenvalue weighted by molar-refractivity contribution is -0.384. The van der Waals surface area contributed by atoms with Gasteiger partial charge < -0.3 is 10.3 Å². The highest BCUT2D eigenvalue weighted by Crippen LogP contribution is 2.30. The Labute approximate surface area is 114 Å². The number of fused-ring (bicyclic) bond motifs is 1. The van der Waals surface area contributed by atoms with Gasteiger partial charge >= 0.3 is 0 Å². The van der Waals surface area contributed by atoms with Gasteiger partial charge in [-0.25, -0.2) is 4.98 Å². The number of aromatic nitrogens is 2. The van der Waals surface area contributed by atoms with E-state index in [2.05, 4.69) is 4.98 Å². The summed E-state index contributed by atoms with van der Waals surface area (Å²) < 4.78 is 1.88. The fraction of sp³-hybridized carbons (Fsp3) is 0.0714. The van der Waals surface area contributed by atoms with Crippen molar-refractivity contribution in [1.82, 2.24) is 9.55 Å². The van der Waals surface area contributed by atoms with Gasteiger partial charge in [-0.15, -0.1) is 0 Å². The molecule has 0 atom stereocenters. The van der Waals surface area contributed by atoms with Crippen molar-refractivity contribution in [3.63, 3.8) is 0 Å². The Morgan fingerprint density at radius 3 is 2.70 bits per heavy atom. The minimum atomic E-state index is -0.439. The number of para-hydroxylation sites is 2. The summed E-state index contributed by atoms with van der Waals surface area (Å²) in [7, 11) is 1.86. The summed E-state index contributed by atoms with van der Waals surface area (Å²) in [5, 5.41) is 10.9. The summed E-state index contributed by atoms with van der Waals surface area (Å²) in [6.07, 6.45) is 0. The smallest absolute Gasteiger partial charge is 0.270 e. The summed E-state index contributed by atoms with van der Waals surface area (Å²) in [6.45, 7) is 0. The number of nitrogen functional groups attached to an aromatic ring is 1. The summed E-state index contributed by atoms with van der Waals surface area (Å²) in [4.78, 5) is 15.0. The van der Waals surface area contributed by atoms with Crippen LogP contribution in [0.1, 0.15) is 0 Å². The molecule has 3 aromatic rings. The van der Waals surface area contributed by atoms with E-state index in [9.17, 15) is 10.1 Å². The topological polar surface area (TPSA) is 87.0 Å². The van der Waals surface area contributed by atoms with Crippen LogP contribution >= 0.6 is 0 Å². The molecule has 1 heterocycles. The Morgan fingerprint density at radius 1 is 1.25 bits per heavy atom. The molecule has 20 heavy (non-hydrogen) atoms. The lowest BCUT2D eigenvalue weighted by Crippen LogP contribution is -1.98. The van der Waals surface area contributed by atoms with Crippen LogP contribution < -0.4 is 5.73 Å². The molecular formula is C14H12N4O2. The van der Waals surface area contributed by atoms with E-state index in [0.717, 1.165) is 11.0 Å². The molecule has 0 unspecified atom stereocenters. The number of rotatable bonds is 2. The van der Waals surface area contributed by atoms with Gasteiger partial charge in [0.25, 0.3) is 5.69 Å². The van der Waals surface area contributed by atoms with E-state index in [-0.39, 0.29) is 5.69 Å². The predicted octanol–water partition coefficient (Wildman–Crippen LogP) is 2.73. The third kappa shape index (κ3) is 1.78. The fourth-order valence-electron chi connectivity index (χ4n) is 2.24. The SMILES string of the molecule is Cn1c(-c2cc([N+](=O)[O-])ccc2N)nc2ccccc21. The summed E-state index contributed by atoms with van der Waals surface area (Å²) in [5.41, 5.74) is 8.75. The second kappa shape index (κ2) is 4.34. The number of nitrogens with two attached hydrogens (primary N) is 1. The van der Waals surface area contributed by atoms with Gasteiger partial charge in [0.15, 0.2) is 0 Å². The molecule has 100 valence electrons. The van der Waals surface area contributed by atoms with Crippen molar-refractivity contribution >= 4 is 22.4 Å². The molecule has 0 saturated carbocycles. The third-order valence-corrected chi connectivity index (χ3v) is 3.28. The van der Waals surface area contributed by atoms with E-state index in [0.29, 0.717) is 17.1 Å². The van der Waals surface area contributed by atoms with Crippen molar-refractivity contribution in [2.45, 2.75) is 0 Å². The molecule has 0 aliphatic heterocycles. The number of benzene rings is 2. The number of nitro groups is 1. The van der Waals surface area contributed by atoms with Crippen molar-refractivity contribution in [1.29, 1.82) is 0 Å². The largest absolute Gasteiger partial charge is 0.398 e. The molecule has 0 fully saturated rings. The minimum absolute atomic E-state index is 0.00116. The van der Waals surface area contributed by atoms with E-state index in [1.54, 1.807) is 0 Å². The molecule has 0 saturated heterocycles. The Balaban J connectivity index is 2.27. The lowest BCUT2D eigenvalue weighted by Gasteiger charge is -2.05. The van der Waals surface area contributed by atoms with Crippen molar-refractivity contribution in [2.24, 2.45) is 7.05 Å². The van der Waals surface area contributed by atoms with Gasteiger partial charge in [0.2, 0.25) is 0 Å². The number of aryl methyl sites for hydroxylation is 1. The minimum Gasteiger partial charge on any atom is -0.398 e. The van der Waals surface area contributed by atoms with Gasteiger partial charge in [-0.1, -0.05) is 12.1 Å². The zero-order valence-corrected chi connectivity index (χ0v) is 10.8. The monoisotopic (exact) mass is 268 g/mol. The predicted molar refractivity (Wildman–Crippen MR) is 77.2 cm³/mol. The van der Waals surface area contributed by atoms with E-state index >= 15 is 0 Å². The Hall–Kier alpha value is -2.89. The molecule has 6 heteroatoms. The molecular weight excluding hydrogens is 256 g/mol. The fourth-order valence-corrected chi connectivity index (χ4v) is 2.24. The van der Waals surface area contributed by atoms with Crippen molar-refractivity contribution in [3.05, 3.63) is 52.6 Å². The van der Waals surface area contributed by atoms with Gasteiger partial charge in [-0.05, 0) is 18.2 Å². The van der Waals surface area contributed by atoms with Gasteiger partial charge in [-0.2, -0.15) is 0 Å². The van der Waals surface area contributed by atoms with Crippen molar-refractivity contribution in [3.8, 4) is 11.4 Å². The quantitative estimate of drug-likeness (QED) is 0.440. The first-order chi connectivity index (χ1) is 9.58. The van der Waals surface area contributed by atoms with Crippen molar-refractivity contribution < 1.29 is 4.92 Å². The van der Waals surface area contributed by atoms with Gasteiger partial charge in [0.1, 0.15) is 5.82 Å². The molecule has 6 nitrogen and oxygen atoms in total. The maximum Gasteiger partial charge on any atom is 0.270 e. The number of hydrogen-bond donors (Lipinski definition) is 1. The molecule has 0 aliphatic carbocycles. The molecule has 0 bridgehead atoms. The number of anilines is 1. The van der Waals surface area contributed by atoms with Crippen LogP contribution in [-0.2, 0) is 7.05 Å². The molecule has 3 rings (SSSR count). The number of nitrogens with zero attached hydrogens (tertiary/aromatic N) is 3. The van der Waals surface area contributed by atoms with E-state index in [1.165, 1.54) is 18.2 Å². The third-order valence-electron chi connectivity index (χ3n) is 3.28. The summed E-state index contributed by atoms with van der Waals surface area (Å²) in [5.74, 6) is 0.618. The van der Waals surface area contributed by atoms with Crippen molar-refractivity contribution in [2.75, 3.05) is 5.73 Å². The standard InChI is InChI=1S/C14H12N4O2/c1-17-13-5-3-2-4-12(13)16-14(17)10-8-9(18(19)20)6-7-11(10)15/h2-8H,15H2,1H3. The highest BCUT2D eigenvalue weighted by atomic mass is 16.6. The van der Waals surface area contributed by atoms with E-state index < -0.39 is 4.92 Å². The zero-order chi connectivity index (χ0) is 14.3. The summed E-state index contributed by atoms with van der Waals surface area (Å²) in [6, 6.07) is 12.0. The van der Waals surface area contributed by atoms with Crippen LogP contribution in [-0.4, -0.2) is 14.5 Å². The number of non-ortho nitro benzene ring substituents is 1. The Kier molecular flexibility index (Phi) is 2.64. The molecule has 2 aromatic carbocycles. The molecule has 1 aromatic heterocycles.